The maximum absolute atomic E-state index is 13.6. The van der Waals surface area contributed by atoms with Crippen molar-refractivity contribution in [3.05, 3.63) is 59.9 Å². The Morgan fingerprint density at radius 3 is 2.34 bits per heavy atom. The molecule has 0 aliphatic carbocycles. The molecule has 0 aromatic heterocycles. The molecule has 2 fully saturated rings. The Morgan fingerprint density at radius 2 is 1.66 bits per heavy atom. The number of benzene rings is 2. The zero-order valence-corrected chi connectivity index (χ0v) is 17.0. The molecule has 2 heterocycles. The highest BCUT2D eigenvalue weighted by Gasteiger charge is 2.53. The lowest BCUT2D eigenvalue weighted by molar-refractivity contribution is -0.147. The number of carbonyl (C=O) groups is 2. The van der Waals surface area contributed by atoms with Crippen molar-refractivity contribution in [3.8, 4) is 11.1 Å². The molecule has 0 saturated carbocycles. The highest BCUT2D eigenvalue weighted by molar-refractivity contribution is 6.00. The van der Waals surface area contributed by atoms with Crippen LogP contribution >= 0.6 is 0 Å². The predicted octanol–water partition coefficient (Wildman–Crippen LogP) is 4.50. The Balaban J connectivity index is 1.66. The largest absolute Gasteiger partial charge is 0.338 e. The third-order valence-corrected chi connectivity index (χ3v) is 6.27. The number of halogens is 1. The fourth-order valence-corrected chi connectivity index (χ4v) is 4.82. The second kappa shape index (κ2) is 7.62. The maximum Gasteiger partial charge on any atom is 0.254 e. The normalized spacial score (nSPS) is 22.0. The van der Waals surface area contributed by atoms with Gasteiger partial charge in [0.05, 0.1) is 0 Å². The van der Waals surface area contributed by atoms with Crippen LogP contribution < -0.4 is 0 Å². The second-order valence-electron chi connectivity index (χ2n) is 8.38. The van der Waals surface area contributed by atoms with Crippen molar-refractivity contribution in [2.45, 2.75) is 51.1 Å². The SMILES string of the molecule is CC(C)N1CCCC2(CCCN2C(=O)c2cccc(-c3cccc(F)c3)c2)C1=O. The van der Waals surface area contributed by atoms with Crippen LogP contribution in [0.3, 0.4) is 0 Å². The summed E-state index contributed by atoms with van der Waals surface area (Å²) >= 11 is 0. The van der Waals surface area contributed by atoms with Crippen molar-refractivity contribution in [2.75, 3.05) is 13.1 Å². The molecule has 2 saturated heterocycles. The van der Waals surface area contributed by atoms with Gasteiger partial charge in [-0.15, -0.1) is 0 Å². The molecule has 0 N–H and O–H groups in total. The van der Waals surface area contributed by atoms with Gasteiger partial charge in [-0.05, 0) is 74.9 Å². The minimum atomic E-state index is -0.714. The van der Waals surface area contributed by atoms with Crippen molar-refractivity contribution in [2.24, 2.45) is 0 Å². The Labute approximate surface area is 171 Å². The first-order valence-electron chi connectivity index (χ1n) is 10.4. The molecule has 1 atom stereocenters. The van der Waals surface area contributed by atoms with Crippen LogP contribution in [0.4, 0.5) is 4.39 Å². The van der Waals surface area contributed by atoms with Crippen LogP contribution in [-0.4, -0.2) is 46.3 Å². The Kier molecular flexibility index (Phi) is 5.15. The molecule has 2 aromatic carbocycles. The van der Waals surface area contributed by atoms with Crippen LogP contribution in [0.5, 0.6) is 0 Å². The van der Waals surface area contributed by atoms with Crippen molar-refractivity contribution >= 4 is 11.8 Å². The number of carbonyl (C=O) groups excluding carboxylic acids is 2. The molecule has 0 bridgehead atoms. The summed E-state index contributed by atoms with van der Waals surface area (Å²) in [5.41, 5.74) is 1.36. The average Bonchev–Trinajstić information content (AvgIpc) is 3.14. The summed E-state index contributed by atoms with van der Waals surface area (Å²) in [4.78, 5) is 30.5. The first kappa shape index (κ1) is 19.6. The van der Waals surface area contributed by atoms with Gasteiger partial charge >= 0.3 is 0 Å². The topological polar surface area (TPSA) is 40.6 Å². The molecular weight excluding hydrogens is 367 g/mol. The summed E-state index contributed by atoms with van der Waals surface area (Å²) in [5.74, 6) is -0.329. The number of hydrogen-bond acceptors (Lipinski definition) is 2. The Morgan fingerprint density at radius 1 is 1.00 bits per heavy atom. The molecule has 1 spiro atoms. The summed E-state index contributed by atoms with van der Waals surface area (Å²) in [6.45, 7) is 5.41. The number of amides is 2. The average molecular weight is 394 g/mol. The van der Waals surface area contributed by atoms with Crippen molar-refractivity contribution in [1.82, 2.24) is 9.80 Å². The smallest absolute Gasteiger partial charge is 0.254 e. The van der Waals surface area contributed by atoms with Crippen LogP contribution in [0.1, 0.15) is 49.9 Å². The summed E-state index contributed by atoms with van der Waals surface area (Å²) in [7, 11) is 0. The quantitative estimate of drug-likeness (QED) is 0.769. The zero-order chi connectivity index (χ0) is 20.6. The molecule has 2 amide bonds. The first-order valence-corrected chi connectivity index (χ1v) is 10.4. The molecule has 4 rings (SSSR count). The molecule has 0 radical (unpaired) electrons. The first-order chi connectivity index (χ1) is 13.9. The minimum Gasteiger partial charge on any atom is -0.338 e. The third kappa shape index (κ3) is 3.43. The molecular formula is C24H27FN2O2. The van der Waals surface area contributed by atoms with E-state index in [1.807, 2.05) is 36.9 Å². The Bertz CT molecular complexity index is 942. The van der Waals surface area contributed by atoms with E-state index in [2.05, 4.69) is 0 Å². The van der Waals surface area contributed by atoms with Gasteiger partial charge in [0.1, 0.15) is 11.4 Å². The second-order valence-corrected chi connectivity index (χ2v) is 8.38. The highest BCUT2D eigenvalue weighted by Crippen LogP contribution is 2.40. The fourth-order valence-electron chi connectivity index (χ4n) is 4.82. The molecule has 2 aromatic rings. The van der Waals surface area contributed by atoms with E-state index in [9.17, 15) is 14.0 Å². The van der Waals surface area contributed by atoms with Gasteiger partial charge < -0.3 is 9.80 Å². The number of nitrogens with zero attached hydrogens (tertiary/aromatic N) is 2. The zero-order valence-electron chi connectivity index (χ0n) is 17.0. The van der Waals surface area contributed by atoms with Gasteiger partial charge in [-0.2, -0.15) is 0 Å². The molecule has 2 aliphatic rings. The van der Waals surface area contributed by atoms with Crippen molar-refractivity contribution < 1.29 is 14.0 Å². The van der Waals surface area contributed by atoms with E-state index in [-0.39, 0.29) is 23.7 Å². The van der Waals surface area contributed by atoms with E-state index in [0.29, 0.717) is 12.1 Å². The van der Waals surface area contributed by atoms with Crippen LogP contribution in [-0.2, 0) is 4.79 Å². The van der Waals surface area contributed by atoms with Gasteiger partial charge in [-0.3, -0.25) is 9.59 Å². The van der Waals surface area contributed by atoms with Gasteiger partial charge in [0.25, 0.3) is 5.91 Å². The van der Waals surface area contributed by atoms with E-state index in [1.165, 1.54) is 12.1 Å². The maximum atomic E-state index is 13.6. The molecule has 4 nitrogen and oxygen atoms in total. The lowest BCUT2D eigenvalue weighted by atomic mass is 9.84. The van der Waals surface area contributed by atoms with E-state index >= 15 is 0 Å². The number of likely N-dealkylation sites (tertiary alicyclic amines) is 2. The number of piperidine rings is 1. The van der Waals surface area contributed by atoms with Gasteiger partial charge in [0, 0.05) is 24.7 Å². The van der Waals surface area contributed by atoms with E-state index in [1.54, 1.807) is 23.1 Å². The monoisotopic (exact) mass is 394 g/mol. The Hall–Kier alpha value is -2.69. The summed E-state index contributed by atoms with van der Waals surface area (Å²) in [6.07, 6.45) is 3.21. The van der Waals surface area contributed by atoms with Crippen molar-refractivity contribution in [1.29, 1.82) is 0 Å². The van der Waals surface area contributed by atoms with Crippen LogP contribution in [0.2, 0.25) is 0 Å². The summed E-state index contributed by atoms with van der Waals surface area (Å²) in [5, 5.41) is 0. The molecule has 29 heavy (non-hydrogen) atoms. The van der Waals surface area contributed by atoms with Gasteiger partial charge in [-0.25, -0.2) is 4.39 Å². The lowest BCUT2D eigenvalue weighted by Crippen LogP contribution is -2.62. The number of rotatable bonds is 3. The predicted molar refractivity (Wildman–Crippen MR) is 111 cm³/mol. The number of hydrogen-bond donors (Lipinski definition) is 0. The highest BCUT2D eigenvalue weighted by atomic mass is 19.1. The van der Waals surface area contributed by atoms with Crippen LogP contribution in [0, 0.1) is 5.82 Å². The third-order valence-electron chi connectivity index (χ3n) is 6.27. The van der Waals surface area contributed by atoms with E-state index in [4.69, 9.17) is 0 Å². The summed E-state index contributed by atoms with van der Waals surface area (Å²) in [6, 6.07) is 13.8. The van der Waals surface area contributed by atoms with Gasteiger partial charge in [-0.1, -0.05) is 24.3 Å². The molecule has 1 unspecified atom stereocenters. The van der Waals surface area contributed by atoms with Gasteiger partial charge in [0.15, 0.2) is 0 Å². The van der Waals surface area contributed by atoms with Crippen molar-refractivity contribution in [3.63, 3.8) is 0 Å². The van der Waals surface area contributed by atoms with E-state index < -0.39 is 5.54 Å². The standard InChI is InChI=1S/C24H27FN2O2/c1-17(2)26-13-5-11-24(23(26)29)12-6-14-27(24)22(28)20-9-3-7-18(15-20)19-8-4-10-21(25)16-19/h3-4,7-10,15-17H,5-6,11-14H2,1-2H3. The van der Waals surface area contributed by atoms with Crippen LogP contribution in [0.25, 0.3) is 11.1 Å². The van der Waals surface area contributed by atoms with E-state index in [0.717, 1.165) is 43.4 Å². The molecule has 5 heteroatoms. The minimum absolute atomic E-state index is 0.0888. The lowest BCUT2D eigenvalue weighted by Gasteiger charge is -2.46. The molecule has 2 aliphatic heterocycles. The van der Waals surface area contributed by atoms with Gasteiger partial charge in [0.2, 0.25) is 5.91 Å². The summed E-state index contributed by atoms with van der Waals surface area (Å²) < 4.78 is 13.6. The molecule has 152 valence electrons. The van der Waals surface area contributed by atoms with Crippen LogP contribution in [0.15, 0.2) is 48.5 Å². The fraction of sp³-hybridized carbons (Fsp3) is 0.417.